The lowest BCUT2D eigenvalue weighted by Crippen LogP contribution is -2.32. The van der Waals surface area contributed by atoms with Crippen molar-refractivity contribution < 1.29 is 4.57 Å². The number of hydrogen-bond acceptors (Lipinski definition) is 1. The molecular weight excluding hydrogens is 310 g/mol. The molecule has 0 fully saturated rings. The SMILES string of the molecule is Cc1c(-c2cc(C(C)C)c3ccccc3[n+]2C)sc2ccccc12. The maximum Gasteiger partial charge on any atom is 0.223 e. The smallest absolute Gasteiger partial charge is 0.193 e. The van der Waals surface area contributed by atoms with Crippen LogP contribution in [0, 0.1) is 6.92 Å². The van der Waals surface area contributed by atoms with Crippen LogP contribution in [0.4, 0.5) is 0 Å². The van der Waals surface area contributed by atoms with Crippen molar-refractivity contribution in [1.29, 1.82) is 0 Å². The molecule has 1 nitrogen and oxygen atoms in total. The Bertz CT molecular complexity index is 1060. The van der Waals surface area contributed by atoms with E-state index in [4.69, 9.17) is 0 Å². The fraction of sp³-hybridized carbons (Fsp3) is 0.227. The minimum absolute atomic E-state index is 0.504. The van der Waals surface area contributed by atoms with Gasteiger partial charge in [-0.25, -0.2) is 0 Å². The maximum absolute atomic E-state index is 2.39. The van der Waals surface area contributed by atoms with Gasteiger partial charge >= 0.3 is 0 Å². The molecule has 4 aromatic rings. The minimum atomic E-state index is 0.504. The fourth-order valence-corrected chi connectivity index (χ4v) is 4.84. The van der Waals surface area contributed by atoms with Crippen LogP contribution in [0.3, 0.4) is 0 Å². The number of pyridine rings is 1. The normalized spacial score (nSPS) is 11.7. The van der Waals surface area contributed by atoms with Gasteiger partial charge < -0.3 is 0 Å². The van der Waals surface area contributed by atoms with Crippen LogP contribution >= 0.6 is 11.3 Å². The standard InChI is InChI=1S/C22H22NS/c1-14(2)18-13-20(23(4)19-11-7-5-10-17(18)19)22-15(3)16-9-6-8-12-21(16)24-22/h5-14H,1-4H3/q+1. The summed E-state index contributed by atoms with van der Waals surface area (Å²) >= 11 is 1.90. The van der Waals surface area contributed by atoms with E-state index < -0.39 is 0 Å². The highest BCUT2D eigenvalue weighted by atomic mass is 32.1. The summed E-state index contributed by atoms with van der Waals surface area (Å²) < 4.78 is 3.71. The quantitative estimate of drug-likeness (QED) is 0.398. The zero-order valence-corrected chi connectivity index (χ0v) is 15.4. The first-order chi connectivity index (χ1) is 11.6. The van der Waals surface area contributed by atoms with E-state index in [-0.39, 0.29) is 0 Å². The highest BCUT2D eigenvalue weighted by Gasteiger charge is 2.22. The van der Waals surface area contributed by atoms with E-state index in [0.717, 1.165) is 0 Å². The van der Waals surface area contributed by atoms with Gasteiger partial charge in [0.1, 0.15) is 11.9 Å². The average Bonchev–Trinajstić information content (AvgIpc) is 2.92. The van der Waals surface area contributed by atoms with Gasteiger partial charge in [0.25, 0.3) is 0 Å². The molecule has 2 aromatic carbocycles. The van der Waals surface area contributed by atoms with Crippen molar-refractivity contribution in [2.75, 3.05) is 0 Å². The van der Waals surface area contributed by atoms with Gasteiger partial charge in [-0.2, -0.15) is 4.57 Å². The predicted molar refractivity (Wildman–Crippen MR) is 105 cm³/mol. The molecule has 2 heterocycles. The zero-order valence-electron chi connectivity index (χ0n) is 14.6. The molecule has 0 unspecified atom stereocenters. The van der Waals surface area contributed by atoms with E-state index in [1.807, 2.05) is 11.3 Å². The highest BCUT2D eigenvalue weighted by Crippen LogP contribution is 2.38. The molecule has 0 N–H and O–H groups in total. The second-order valence-electron chi connectivity index (χ2n) is 6.77. The lowest BCUT2D eigenvalue weighted by Gasteiger charge is -2.11. The van der Waals surface area contributed by atoms with Crippen molar-refractivity contribution in [3.63, 3.8) is 0 Å². The first kappa shape index (κ1) is 15.3. The van der Waals surface area contributed by atoms with Crippen LogP contribution in [-0.4, -0.2) is 0 Å². The van der Waals surface area contributed by atoms with Gasteiger partial charge in [0.2, 0.25) is 11.2 Å². The number of aromatic nitrogens is 1. The average molecular weight is 332 g/mol. The summed E-state index contributed by atoms with van der Waals surface area (Å²) in [5, 5.41) is 2.73. The molecule has 0 aliphatic heterocycles. The molecule has 24 heavy (non-hydrogen) atoms. The van der Waals surface area contributed by atoms with E-state index in [1.54, 1.807) is 0 Å². The van der Waals surface area contributed by atoms with Crippen LogP contribution in [0.5, 0.6) is 0 Å². The van der Waals surface area contributed by atoms with Crippen molar-refractivity contribution in [3.05, 3.63) is 65.7 Å². The van der Waals surface area contributed by atoms with Crippen molar-refractivity contribution >= 4 is 32.3 Å². The molecule has 0 saturated heterocycles. The minimum Gasteiger partial charge on any atom is -0.193 e. The van der Waals surface area contributed by atoms with E-state index >= 15 is 0 Å². The molecule has 4 rings (SSSR count). The van der Waals surface area contributed by atoms with Gasteiger partial charge in [0.05, 0.1) is 0 Å². The fourth-order valence-electron chi connectivity index (χ4n) is 3.58. The van der Waals surface area contributed by atoms with Crippen LogP contribution < -0.4 is 4.57 Å². The number of benzene rings is 2. The topological polar surface area (TPSA) is 3.88 Å². The van der Waals surface area contributed by atoms with Gasteiger partial charge in [-0.15, -0.1) is 11.3 Å². The molecule has 0 atom stereocenters. The molecular formula is C22H22NS+. The summed E-state index contributed by atoms with van der Waals surface area (Å²) in [5.74, 6) is 0.504. The van der Waals surface area contributed by atoms with Gasteiger partial charge in [-0.3, -0.25) is 0 Å². The molecule has 2 heteroatoms. The number of para-hydroxylation sites is 1. The van der Waals surface area contributed by atoms with Gasteiger partial charge in [0.15, 0.2) is 0 Å². The first-order valence-electron chi connectivity index (χ1n) is 8.48. The molecule has 120 valence electrons. The van der Waals surface area contributed by atoms with Crippen LogP contribution in [0.2, 0.25) is 0 Å². The predicted octanol–water partition coefficient (Wildman–Crippen LogP) is 5.98. The largest absolute Gasteiger partial charge is 0.223 e. The van der Waals surface area contributed by atoms with Crippen molar-refractivity contribution in [2.45, 2.75) is 26.7 Å². The summed E-state index contributed by atoms with van der Waals surface area (Å²) in [6.45, 7) is 6.81. The lowest BCUT2D eigenvalue weighted by atomic mass is 9.96. The van der Waals surface area contributed by atoms with Crippen molar-refractivity contribution in [2.24, 2.45) is 7.05 Å². The Morgan fingerprint density at radius 2 is 1.58 bits per heavy atom. The van der Waals surface area contributed by atoms with E-state index in [1.165, 1.54) is 42.7 Å². The number of rotatable bonds is 2. The number of nitrogens with zero attached hydrogens (tertiary/aromatic N) is 1. The molecule has 0 spiro atoms. The maximum atomic E-state index is 2.39. The highest BCUT2D eigenvalue weighted by molar-refractivity contribution is 7.22. The molecule has 0 radical (unpaired) electrons. The van der Waals surface area contributed by atoms with E-state index in [2.05, 4.69) is 87.0 Å². The van der Waals surface area contributed by atoms with E-state index in [9.17, 15) is 0 Å². The Kier molecular flexibility index (Phi) is 3.65. The van der Waals surface area contributed by atoms with E-state index in [0.29, 0.717) is 5.92 Å². The molecule has 0 amide bonds. The van der Waals surface area contributed by atoms with Crippen LogP contribution in [0.15, 0.2) is 54.6 Å². The van der Waals surface area contributed by atoms with Crippen LogP contribution in [0.1, 0.15) is 30.9 Å². The number of fused-ring (bicyclic) bond motifs is 2. The molecule has 0 aliphatic carbocycles. The third-order valence-electron chi connectivity index (χ3n) is 4.93. The second-order valence-corrected chi connectivity index (χ2v) is 7.82. The molecule has 2 aromatic heterocycles. The Morgan fingerprint density at radius 1 is 0.917 bits per heavy atom. The Labute approximate surface area is 147 Å². The summed E-state index contributed by atoms with van der Waals surface area (Å²) in [6.07, 6.45) is 0. The third kappa shape index (κ3) is 2.25. The number of hydrogen-bond donors (Lipinski definition) is 0. The Balaban J connectivity index is 2.09. The molecule has 0 saturated carbocycles. The van der Waals surface area contributed by atoms with Gasteiger partial charge in [-0.05, 0) is 41.5 Å². The van der Waals surface area contributed by atoms with Crippen LogP contribution in [0.25, 0.3) is 31.6 Å². The Hall–Kier alpha value is -2.19. The number of thiophene rings is 1. The summed E-state index contributed by atoms with van der Waals surface area (Å²) in [7, 11) is 2.19. The van der Waals surface area contributed by atoms with Crippen LogP contribution in [-0.2, 0) is 7.05 Å². The van der Waals surface area contributed by atoms with Crippen molar-refractivity contribution in [3.8, 4) is 10.6 Å². The molecule has 0 aliphatic rings. The summed E-state index contributed by atoms with van der Waals surface area (Å²) in [5.41, 5.74) is 5.43. The van der Waals surface area contributed by atoms with Crippen molar-refractivity contribution in [1.82, 2.24) is 0 Å². The monoisotopic (exact) mass is 332 g/mol. The molecule has 0 bridgehead atoms. The second kappa shape index (κ2) is 5.71. The zero-order chi connectivity index (χ0) is 16.8. The Morgan fingerprint density at radius 3 is 2.29 bits per heavy atom. The number of aryl methyl sites for hydroxylation is 2. The lowest BCUT2D eigenvalue weighted by molar-refractivity contribution is -0.633. The van der Waals surface area contributed by atoms with Gasteiger partial charge in [-0.1, -0.05) is 44.2 Å². The third-order valence-corrected chi connectivity index (χ3v) is 6.22. The summed E-state index contributed by atoms with van der Waals surface area (Å²) in [4.78, 5) is 1.38. The summed E-state index contributed by atoms with van der Waals surface area (Å²) in [6, 6.07) is 19.8. The van der Waals surface area contributed by atoms with Gasteiger partial charge in [0, 0.05) is 22.2 Å². The first-order valence-corrected chi connectivity index (χ1v) is 9.29.